The maximum Gasteiger partial charge on any atom is 0.500 e. The van der Waals surface area contributed by atoms with Crippen LogP contribution in [-0.2, 0) is 13.3 Å². The van der Waals surface area contributed by atoms with Crippen molar-refractivity contribution in [2.24, 2.45) is 11.8 Å². The van der Waals surface area contributed by atoms with E-state index in [9.17, 15) is 15.3 Å². The zero-order chi connectivity index (χ0) is 22.9. The van der Waals surface area contributed by atoms with Crippen LogP contribution in [0.2, 0.25) is 12.1 Å². The molecule has 6 nitrogen and oxygen atoms in total. The molecule has 0 heterocycles. The van der Waals surface area contributed by atoms with Crippen molar-refractivity contribution in [2.45, 2.75) is 64.5 Å². The maximum absolute atomic E-state index is 9.49. The van der Waals surface area contributed by atoms with Gasteiger partial charge in [0.15, 0.2) is 0 Å². The predicted molar refractivity (Wildman–Crippen MR) is 134 cm³/mol. The van der Waals surface area contributed by atoms with Crippen LogP contribution < -0.4 is 0 Å². The molecule has 0 aliphatic heterocycles. The summed E-state index contributed by atoms with van der Waals surface area (Å²) in [6.45, 7) is 4.42. The molecule has 30 heavy (non-hydrogen) atoms. The van der Waals surface area contributed by atoms with Crippen LogP contribution in [0.4, 0.5) is 0 Å². The van der Waals surface area contributed by atoms with Crippen LogP contribution in [0, 0.1) is 11.8 Å². The lowest BCUT2D eigenvalue weighted by Crippen LogP contribution is -2.49. The highest BCUT2D eigenvalue weighted by Crippen LogP contribution is 2.27. The minimum Gasteiger partial charge on any atom is -0.399 e. The van der Waals surface area contributed by atoms with E-state index in [2.05, 4.69) is 13.8 Å². The van der Waals surface area contributed by atoms with Crippen LogP contribution in [0.25, 0.3) is 0 Å². The summed E-state index contributed by atoms with van der Waals surface area (Å²) in [5.41, 5.74) is 0. The van der Waals surface area contributed by atoms with Gasteiger partial charge in [-0.2, -0.15) is 0 Å². The molecule has 3 N–H and O–H groups in total. The smallest absolute Gasteiger partial charge is 0.399 e. The van der Waals surface area contributed by atoms with Crippen molar-refractivity contribution in [1.29, 1.82) is 0 Å². The molecular formula is C20H46O6S2Si2. The minimum absolute atomic E-state index is 0.0242. The fourth-order valence-electron chi connectivity index (χ4n) is 3.64. The van der Waals surface area contributed by atoms with Gasteiger partial charge in [-0.05, 0) is 30.7 Å². The first-order chi connectivity index (χ1) is 14.4. The average molecular weight is 503 g/mol. The van der Waals surface area contributed by atoms with Crippen molar-refractivity contribution < 1.29 is 28.6 Å². The second-order valence-corrected chi connectivity index (χ2v) is 18.6. The average Bonchev–Trinajstić information content (AvgIpc) is 2.77. The van der Waals surface area contributed by atoms with Gasteiger partial charge in [-0.25, -0.2) is 0 Å². The Hall–Kier alpha value is 0.894. The van der Waals surface area contributed by atoms with E-state index >= 15 is 0 Å². The summed E-state index contributed by atoms with van der Waals surface area (Å²) >= 11 is 0. The summed E-state index contributed by atoms with van der Waals surface area (Å²) < 4.78 is 16.5. The van der Waals surface area contributed by atoms with Gasteiger partial charge in [0.2, 0.25) is 0 Å². The molecule has 0 saturated carbocycles. The molecular weight excluding hydrogens is 457 g/mol. The number of rotatable bonds is 21. The van der Waals surface area contributed by atoms with E-state index in [-0.39, 0.29) is 18.7 Å². The summed E-state index contributed by atoms with van der Waals surface area (Å²) in [5, 5.41) is 28.5. The van der Waals surface area contributed by atoms with Gasteiger partial charge in [0, 0.05) is 57.6 Å². The first-order valence-electron chi connectivity index (χ1n) is 11.1. The number of aliphatic hydroxyl groups excluding tert-OH is 3. The van der Waals surface area contributed by atoms with Crippen molar-refractivity contribution in [1.82, 2.24) is 0 Å². The molecule has 0 bridgehead atoms. The van der Waals surface area contributed by atoms with Gasteiger partial charge < -0.3 is 28.6 Å². The standard InChI is InChI=1S/C20H46O6S2Si2/c1-19(14-29(16-21,17-22)18-23)10-6-8-12-27-28-13-9-7-11-20(2)15-30(24-3,25-4)26-5/h19-23H,6-18H2,1-5H3. The first kappa shape index (κ1) is 30.9. The molecule has 0 aliphatic rings. The summed E-state index contributed by atoms with van der Waals surface area (Å²) in [7, 11) is 4.25. The van der Waals surface area contributed by atoms with E-state index in [1.807, 2.05) is 21.6 Å². The lowest BCUT2D eigenvalue weighted by Gasteiger charge is -2.28. The van der Waals surface area contributed by atoms with Crippen molar-refractivity contribution in [3.63, 3.8) is 0 Å². The van der Waals surface area contributed by atoms with E-state index in [4.69, 9.17) is 13.3 Å². The van der Waals surface area contributed by atoms with Crippen molar-refractivity contribution in [3.05, 3.63) is 0 Å². The Bertz CT molecular complexity index is 349. The van der Waals surface area contributed by atoms with Gasteiger partial charge in [0.25, 0.3) is 0 Å². The predicted octanol–water partition coefficient (Wildman–Crippen LogP) is 3.90. The summed E-state index contributed by atoms with van der Waals surface area (Å²) in [6, 6.07) is 1.68. The Morgan fingerprint density at radius 1 is 0.667 bits per heavy atom. The third-order valence-electron chi connectivity index (χ3n) is 5.75. The highest BCUT2D eigenvalue weighted by molar-refractivity contribution is 8.76. The molecule has 0 rings (SSSR count). The van der Waals surface area contributed by atoms with Gasteiger partial charge in [0.1, 0.15) is 8.07 Å². The number of aliphatic hydroxyl groups is 3. The molecule has 0 fully saturated rings. The fraction of sp³-hybridized carbons (Fsp3) is 1.00. The van der Waals surface area contributed by atoms with Crippen LogP contribution in [0.5, 0.6) is 0 Å². The number of unbranched alkanes of at least 4 members (excludes halogenated alkanes) is 2. The fourth-order valence-corrected chi connectivity index (χ4v) is 10.4. The first-order valence-corrected chi connectivity index (χ1v) is 18.3. The molecule has 0 aromatic carbocycles. The van der Waals surface area contributed by atoms with Crippen LogP contribution in [-0.4, -0.2) is 83.7 Å². The molecule has 10 heteroatoms. The minimum atomic E-state index is -2.45. The second-order valence-electron chi connectivity index (χ2n) is 8.52. The van der Waals surface area contributed by atoms with Crippen molar-refractivity contribution in [2.75, 3.05) is 51.5 Å². The Kier molecular flexibility index (Phi) is 18.9. The molecule has 0 amide bonds. The Morgan fingerprint density at radius 2 is 1.07 bits per heavy atom. The Labute approximate surface area is 194 Å². The van der Waals surface area contributed by atoms with Crippen LogP contribution >= 0.6 is 21.6 Å². The van der Waals surface area contributed by atoms with Gasteiger partial charge in [-0.3, -0.25) is 0 Å². The number of hydrogen-bond acceptors (Lipinski definition) is 8. The van der Waals surface area contributed by atoms with Gasteiger partial charge in [0.05, 0.1) is 0 Å². The molecule has 0 aromatic heterocycles. The SMILES string of the molecule is CO[Si](CC(C)CCCCSSCCCCC(C)C[Si](CO)(CO)CO)(OC)OC. The maximum atomic E-state index is 9.49. The zero-order valence-corrected chi connectivity index (χ0v) is 23.4. The lowest BCUT2D eigenvalue weighted by molar-refractivity contribution is 0.118. The lowest BCUT2D eigenvalue weighted by atomic mass is 10.1. The third kappa shape index (κ3) is 12.8. The molecule has 0 spiro atoms. The molecule has 0 aromatic rings. The third-order valence-corrected chi connectivity index (χ3v) is 15.0. The molecule has 2 atom stereocenters. The summed E-state index contributed by atoms with van der Waals surface area (Å²) in [4.78, 5) is 0. The zero-order valence-electron chi connectivity index (χ0n) is 19.7. The summed E-state index contributed by atoms with van der Waals surface area (Å²) in [6.07, 6.45) is 7.03. The summed E-state index contributed by atoms with van der Waals surface area (Å²) in [5.74, 6) is 3.35. The largest absolute Gasteiger partial charge is 0.500 e. The molecule has 182 valence electrons. The van der Waals surface area contributed by atoms with Gasteiger partial charge in [-0.1, -0.05) is 61.1 Å². The van der Waals surface area contributed by atoms with Crippen molar-refractivity contribution in [3.8, 4) is 0 Å². The highest BCUT2D eigenvalue weighted by Gasteiger charge is 2.39. The monoisotopic (exact) mass is 502 g/mol. The topological polar surface area (TPSA) is 88.4 Å². The van der Waals surface area contributed by atoms with E-state index in [0.717, 1.165) is 18.5 Å². The number of hydrogen-bond donors (Lipinski definition) is 3. The Balaban J connectivity index is 3.69. The molecule has 2 unspecified atom stereocenters. The van der Waals surface area contributed by atoms with Crippen molar-refractivity contribution >= 4 is 38.5 Å². The van der Waals surface area contributed by atoms with Crippen LogP contribution in [0.1, 0.15) is 52.4 Å². The van der Waals surface area contributed by atoms with E-state index in [0.29, 0.717) is 11.8 Å². The second kappa shape index (κ2) is 18.3. The van der Waals surface area contributed by atoms with E-state index in [1.165, 1.54) is 43.6 Å². The van der Waals surface area contributed by atoms with Crippen LogP contribution in [0.15, 0.2) is 0 Å². The van der Waals surface area contributed by atoms with Gasteiger partial charge in [-0.15, -0.1) is 0 Å². The quantitative estimate of drug-likeness (QED) is 0.124. The van der Waals surface area contributed by atoms with Gasteiger partial charge >= 0.3 is 8.80 Å². The Morgan fingerprint density at radius 3 is 1.43 bits per heavy atom. The highest BCUT2D eigenvalue weighted by atomic mass is 33.1. The van der Waals surface area contributed by atoms with E-state index < -0.39 is 16.9 Å². The van der Waals surface area contributed by atoms with Crippen LogP contribution in [0.3, 0.4) is 0 Å². The molecule has 0 aliphatic carbocycles. The molecule has 0 radical (unpaired) electrons. The normalized spacial score (nSPS) is 14.8. The molecule has 0 saturated heterocycles. The van der Waals surface area contributed by atoms with E-state index in [1.54, 1.807) is 21.3 Å².